The van der Waals surface area contributed by atoms with Gasteiger partial charge in [-0.15, -0.1) is 11.3 Å². The molecule has 1 amide bonds. The zero-order chi connectivity index (χ0) is 19.8. The largest absolute Gasteiger partial charge is 0.486 e. The summed E-state index contributed by atoms with van der Waals surface area (Å²) in [6.07, 6.45) is 0.573. The van der Waals surface area contributed by atoms with E-state index in [0.717, 1.165) is 45.2 Å². The molecule has 1 aromatic carbocycles. The molecule has 0 fully saturated rings. The number of hydrogen-bond acceptors (Lipinski definition) is 6. The van der Waals surface area contributed by atoms with Crippen LogP contribution in [0.1, 0.15) is 33.7 Å². The van der Waals surface area contributed by atoms with E-state index in [1.807, 2.05) is 45.0 Å². The molecule has 0 radical (unpaired) electrons. The van der Waals surface area contributed by atoms with Crippen LogP contribution in [0.3, 0.4) is 0 Å². The fourth-order valence-electron chi connectivity index (χ4n) is 3.47. The van der Waals surface area contributed by atoms with Gasteiger partial charge in [0.2, 0.25) is 0 Å². The molecule has 3 aromatic rings. The van der Waals surface area contributed by atoms with E-state index in [0.29, 0.717) is 18.0 Å². The molecule has 1 aliphatic heterocycles. The van der Waals surface area contributed by atoms with Crippen LogP contribution >= 0.6 is 11.3 Å². The van der Waals surface area contributed by atoms with Gasteiger partial charge in [-0.25, -0.2) is 9.97 Å². The third-order valence-corrected chi connectivity index (χ3v) is 6.09. The topological polar surface area (TPSA) is 64.6 Å². The number of rotatable bonds is 4. The number of nitrogens with zero attached hydrogens (tertiary/aromatic N) is 3. The highest BCUT2D eigenvalue weighted by Gasteiger charge is 2.26. The number of likely N-dealkylation sites (N-methyl/N-ethyl adjacent to an activating group) is 1. The number of amides is 1. The highest BCUT2D eigenvalue weighted by Crippen LogP contribution is 2.33. The molecule has 7 heteroatoms. The molecule has 28 heavy (non-hydrogen) atoms. The summed E-state index contributed by atoms with van der Waals surface area (Å²) in [6, 6.07) is 7.59. The average Bonchev–Trinajstić information content (AvgIpc) is 3.04. The third kappa shape index (κ3) is 3.30. The number of ether oxygens (including phenoxy) is 2. The van der Waals surface area contributed by atoms with Crippen molar-refractivity contribution in [3.05, 3.63) is 46.2 Å². The summed E-state index contributed by atoms with van der Waals surface area (Å²) in [5.41, 5.74) is 1.88. The van der Waals surface area contributed by atoms with Crippen molar-refractivity contribution < 1.29 is 14.3 Å². The van der Waals surface area contributed by atoms with E-state index in [4.69, 9.17) is 9.47 Å². The van der Waals surface area contributed by atoms with Crippen molar-refractivity contribution in [2.75, 3.05) is 20.2 Å². The number of aromatic nitrogens is 2. The molecule has 0 saturated carbocycles. The van der Waals surface area contributed by atoms with E-state index in [-0.39, 0.29) is 12.0 Å². The van der Waals surface area contributed by atoms with Gasteiger partial charge in [0, 0.05) is 24.5 Å². The number of thiophene rings is 1. The summed E-state index contributed by atoms with van der Waals surface area (Å²) in [5, 5.41) is 0.991. The molecule has 6 nitrogen and oxygen atoms in total. The molecule has 3 heterocycles. The van der Waals surface area contributed by atoms with E-state index in [1.54, 1.807) is 11.9 Å². The Bertz CT molecular complexity index is 1050. The molecule has 0 N–H and O–H groups in total. The molecular formula is C21H23N3O3S. The Balaban J connectivity index is 1.54. The quantitative estimate of drug-likeness (QED) is 0.670. The molecule has 0 spiro atoms. The molecule has 1 aliphatic rings. The molecule has 1 unspecified atom stereocenters. The van der Waals surface area contributed by atoms with Crippen LogP contribution in [-0.2, 0) is 6.42 Å². The molecule has 4 rings (SSSR count). The van der Waals surface area contributed by atoms with Gasteiger partial charge in [-0.05, 0) is 31.5 Å². The third-order valence-electron chi connectivity index (χ3n) is 4.92. The number of aryl methyl sites for hydroxylation is 3. The lowest BCUT2D eigenvalue weighted by Crippen LogP contribution is -2.41. The second-order valence-corrected chi connectivity index (χ2v) is 8.00. The van der Waals surface area contributed by atoms with Gasteiger partial charge in [-0.3, -0.25) is 4.79 Å². The molecule has 0 bridgehead atoms. The Hall–Kier alpha value is -2.67. The summed E-state index contributed by atoms with van der Waals surface area (Å²) in [6.45, 7) is 6.85. The fraction of sp³-hybridized carbons (Fsp3) is 0.381. The van der Waals surface area contributed by atoms with Gasteiger partial charge in [-0.2, -0.15) is 0 Å². The lowest BCUT2D eigenvalue weighted by atomic mass is 10.1. The highest BCUT2D eigenvalue weighted by atomic mass is 32.1. The zero-order valence-corrected chi connectivity index (χ0v) is 17.3. The number of fused-ring (bicyclic) bond motifs is 2. The normalized spacial score (nSPS) is 15.6. The van der Waals surface area contributed by atoms with Crippen molar-refractivity contribution in [2.45, 2.75) is 33.3 Å². The van der Waals surface area contributed by atoms with Gasteiger partial charge in [0.05, 0.1) is 11.4 Å². The fourth-order valence-corrected chi connectivity index (χ4v) is 4.72. The van der Waals surface area contributed by atoms with Gasteiger partial charge in [0.15, 0.2) is 17.6 Å². The Morgan fingerprint density at radius 2 is 2.00 bits per heavy atom. The monoisotopic (exact) mass is 397 g/mol. The van der Waals surface area contributed by atoms with Gasteiger partial charge >= 0.3 is 0 Å². The van der Waals surface area contributed by atoms with Crippen molar-refractivity contribution in [3.63, 3.8) is 0 Å². The van der Waals surface area contributed by atoms with Crippen molar-refractivity contribution in [1.29, 1.82) is 0 Å². The Morgan fingerprint density at radius 3 is 2.75 bits per heavy atom. The molecule has 0 aliphatic carbocycles. The lowest BCUT2D eigenvalue weighted by molar-refractivity contribution is 0.0523. The minimum absolute atomic E-state index is 0.0274. The van der Waals surface area contributed by atoms with Crippen LogP contribution in [0.4, 0.5) is 0 Å². The van der Waals surface area contributed by atoms with E-state index >= 15 is 0 Å². The number of para-hydroxylation sites is 2. The number of hydrogen-bond donors (Lipinski definition) is 0. The molecular weight excluding hydrogens is 374 g/mol. The van der Waals surface area contributed by atoms with Gasteiger partial charge in [0.1, 0.15) is 17.3 Å². The second kappa shape index (κ2) is 7.39. The lowest BCUT2D eigenvalue weighted by Gasteiger charge is -2.29. The zero-order valence-electron chi connectivity index (χ0n) is 16.5. The summed E-state index contributed by atoms with van der Waals surface area (Å²) in [7, 11) is 1.80. The first kappa shape index (κ1) is 18.7. The Kier molecular flexibility index (Phi) is 4.93. The highest BCUT2D eigenvalue weighted by molar-refractivity contribution is 7.20. The van der Waals surface area contributed by atoms with Crippen molar-refractivity contribution in [2.24, 2.45) is 0 Å². The van der Waals surface area contributed by atoms with Crippen LogP contribution in [0.25, 0.3) is 10.2 Å². The van der Waals surface area contributed by atoms with Crippen LogP contribution in [0, 0.1) is 13.8 Å². The second-order valence-electron chi connectivity index (χ2n) is 7.00. The smallest absolute Gasteiger partial charge is 0.264 e. The maximum Gasteiger partial charge on any atom is 0.264 e. The Morgan fingerprint density at radius 1 is 1.25 bits per heavy atom. The Labute approximate surface area is 168 Å². The van der Waals surface area contributed by atoms with Crippen LogP contribution in [-0.4, -0.2) is 47.1 Å². The number of benzene rings is 1. The maximum absolute atomic E-state index is 13.1. The first-order valence-electron chi connectivity index (χ1n) is 9.38. The van der Waals surface area contributed by atoms with Crippen LogP contribution < -0.4 is 9.47 Å². The van der Waals surface area contributed by atoms with E-state index in [1.165, 1.54) is 11.3 Å². The van der Waals surface area contributed by atoms with Gasteiger partial charge < -0.3 is 14.4 Å². The summed E-state index contributed by atoms with van der Waals surface area (Å²) in [5.74, 6) is 2.25. The van der Waals surface area contributed by atoms with E-state index < -0.39 is 0 Å². The van der Waals surface area contributed by atoms with E-state index in [2.05, 4.69) is 9.97 Å². The number of carbonyl (C=O) groups excluding carboxylic acids is 1. The summed E-state index contributed by atoms with van der Waals surface area (Å²) >= 11 is 1.44. The predicted molar refractivity (Wildman–Crippen MR) is 110 cm³/mol. The minimum atomic E-state index is -0.202. The SMILES string of the molecule is CCc1nc(C)c2c(C)c(C(=O)N(C)CC3COc4ccccc4O3)sc2n1. The van der Waals surface area contributed by atoms with Crippen LogP contribution in [0.2, 0.25) is 0 Å². The van der Waals surface area contributed by atoms with Gasteiger partial charge in [0.25, 0.3) is 5.91 Å². The minimum Gasteiger partial charge on any atom is -0.486 e. The predicted octanol–water partition coefficient (Wildman–Crippen LogP) is 3.78. The molecule has 1 atom stereocenters. The van der Waals surface area contributed by atoms with Crippen molar-refractivity contribution >= 4 is 27.5 Å². The number of carbonyl (C=O) groups is 1. The van der Waals surface area contributed by atoms with Gasteiger partial charge in [-0.1, -0.05) is 19.1 Å². The average molecular weight is 398 g/mol. The van der Waals surface area contributed by atoms with Crippen molar-refractivity contribution in [1.82, 2.24) is 14.9 Å². The van der Waals surface area contributed by atoms with Crippen molar-refractivity contribution in [3.8, 4) is 11.5 Å². The van der Waals surface area contributed by atoms with E-state index in [9.17, 15) is 4.79 Å². The summed E-state index contributed by atoms with van der Waals surface area (Å²) < 4.78 is 11.7. The molecule has 2 aromatic heterocycles. The first-order valence-corrected chi connectivity index (χ1v) is 10.2. The van der Waals surface area contributed by atoms with Crippen LogP contribution in [0.15, 0.2) is 24.3 Å². The van der Waals surface area contributed by atoms with Crippen LogP contribution in [0.5, 0.6) is 11.5 Å². The summed E-state index contributed by atoms with van der Waals surface area (Å²) in [4.78, 5) is 25.6. The first-order chi connectivity index (χ1) is 13.5. The maximum atomic E-state index is 13.1. The molecule has 0 saturated heterocycles. The standard InChI is InChI=1S/C21H23N3O3S/c1-5-17-22-13(3)18-12(2)19(28-20(18)23-17)21(25)24(4)10-14-11-26-15-8-6-7-9-16(15)27-14/h6-9,14H,5,10-11H2,1-4H3. The molecule has 146 valence electrons.